The molecule has 0 rings (SSSR count). The van der Waals surface area contributed by atoms with Crippen molar-refractivity contribution in [2.24, 2.45) is 5.73 Å². The smallest absolute Gasteiger partial charge is 0.472 e. The second-order valence-electron chi connectivity index (χ2n) is 13.0. The summed E-state index contributed by atoms with van der Waals surface area (Å²) in [6.45, 7) is 3.75. The number of allylic oxidation sites excluding steroid dienone is 6. The fraction of sp³-hybridized carbons (Fsp3) is 0.795. The molecule has 0 amide bonds. The van der Waals surface area contributed by atoms with Gasteiger partial charge in [0.1, 0.15) is 12.1 Å². The molecule has 292 valence electrons. The van der Waals surface area contributed by atoms with E-state index in [1.54, 1.807) is 0 Å². The summed E-state index contributed by atoms with van der Waals surface area (Å²) in [4.78, 5) is 33.3. The fourth-order valence-electron chi connectivity index (χ4n) is 5.05. The molecule has 4 N–H and O–H groups in total. The minimum atomic E-state index is -4.61. The lowest BCUT2D eigenvalue weighted by Crippen LogP contribution is -2.34. The van der Waals surface area contributed by atoms with Gasteiger partial charge in [0, 0.05) is 13.0 Å². The topological polar surface area (TPSA) is 155 Å². The molecule has 0 aromatic heterocycles. The number of esters is 1. The van der Waals surface area contributed by atoms with Gasteiger partial charge >= 0.3 is 19.8 Å². The van der Waals surface area contributed by atoms with Crippen molar-refractivity contribution in [3.8, 4) is 0 Å². The van der Waals surface area contributed by atoms with E-state index in [0.717, 1.165) is 77.0 Å². The molecule has 0 aromatic carbocycles. The number of ether oxygens (including phenoxy) is 2. The molecule has 3 atom stereocenters. The van der Waals surface area contributed by atoms with Crippen molar-refractivity contribution in [1.29, 1.82) is 0 Å². The zero-order chi connectivity index (χ0) is 37.0. The van der Waals surface area contributed by atoms with E-state index in [1.165, 1.54) is 57.8 Å². The largest absolute Gasteiger partial charge is 0.480 e. The summed E-state index contributed by atoms with van der Waals surface area (Å²) in [6, 6.07) is -1.47. The minimum Gasteiger partial charge on any atom is -0.480 e. The molecule has 0 saturated heterocycles. The number of nitrogens with two attached hydrogens (primary N) is 1. The van der Waals surface area contributed by atoms with Crippen LogP contribution in [0.5, 0.6) is 0 Å². The number of carboxylic acid groups (broad SMARTS) is 1. The molecule has 3 unspecified atom stereocenters. The van der Waals surface area contributed by atoms with Crippen LogP contribution >= 0.6 is 7.82 Å². The van der Waals surface area contributed by atoms with Crippen LogP contribution in [0.15, 0.2) is 36.5 Å². The zero-order valence-electron chi connectivity index (χ0n) is 31.5. The van der Waals surface area contributed by atoms with Crippen molar-refractivity contribution in [3.05, 3.63) is 36.5 Å². The Balaban J connectivity index is 4.25. The molecule has 0 saturated carbocycles. The van der Waals surface area contributed by atoms with Crippen molar-refractivity contribution in [2.45, 2.75) is 174 Å². The number of aliphatic carboxylic acids is 1. The van der Waals surface area contributed by atoms with E-state index in [0.29, 0.717) is 13.0 Å². The Morgan fingerprint density at radius 1 is 0.640 bits per heavy atom. The second-order valence-corrected chi connectivity index (χ2v) is 14.5. The first-order chi connectivity index (χ1) is 24.2. The second kappa shape index (κ2) is 35.6. The minimum absolute atomic E-state index is 0.00954. The summed E-state index contributed by atoms with van der Waals surface area (Å²) < 4.78 is 33.2. The van der Waals surface area contributed by atoms with Gasteiger partial charge in [-0.25, -0.2) is 4.57 Å². The Bertz CT molecular complexity index is 941. The Morgan fingerprint density at radius 2 is 1.14 bits per heavy atom. The first-order valence-electron chi connectivity index (χ1n) is 19.5. The molecule has 0 fully saturated rings. The molecule has 0 spiro atoms. The van der Waals surface area contributed by atoms with Gasteiger partial charge in [0.2, 0.25) is 0 Å². The third kappa shape index (κ3) is 34.6. The van der Waals surface area contributed by atoms with Gasteiger partial charge in [0.15, 0.2) is 0 Å². The highest BCUT2D eigenvalue weighted by Gasteiger charge is 2.27. The monoisotopic (exact) mass is 729 g/mol. The van der Waals surface area contributed by atoms with Gasteiger partial charge in [-0.3, -0.25) is 18.6 Å². The lowest BCUT2D eigenvalue weighted by Gasteiger charge is -2.20. The van der Waals surface area contributed by atoms with E-state index < -0.39 is 45.1 Å². The molecule has 0 aliphatic heterocycles. The first kappa shape index (κ1) is 48.2. The molecule has 0 aliphatic carbocycles. The van der Waals surface area contributed by atoms with Crippen LogP contribution in [-0.4, -0.2) is 60.5 Å². The molecule has 0 bridgehead atoms. The van der Waals surface area contributed by atoms with Crippen LogP contribution in [-0.2, 0) is 32.7 Å². The molecule has 0 heterocycles. The van der Waals surface area contributed by atoms with Crippen LogP contribution in [0.2, 0.25) is 0 Å². The lowest BCUT2D eigenvalue weighted by molar-refractivity contribution is -0.154. The molecular weight excluding hydrogens is 657 g/mol. The standard InChI is InChI=1S/C39H72NO9P/c1-3-5-7-9-11-13-15-16-17-18-19-20-21-22-24-26-28-30-32-46-33-36(34-47-50(44,45)48-35-37(40)39(42)43)49-38(41)31-29-27-25-23-14-12-10-8-6-4-2/h8,10-11,13,16-17,36-37H,3-7,9,12,14-15,18-35,40H2,1-2H3,(H,42,43)(H,44,45)/b10-8-,13-11-,17-16-. The number of carbonyl (C=O) groups is 2. The van der Waals surface area contributed by atoms with Gasteiger partial charge in [-0.15, -0.1) is 0 Å². The van der Waals surface area contributed by atoms with Crippen LogP contribution in [0.4, 0.5) is 0 Å². The Kier molecular flexibility index (Phi) is 34.3. The zero-order valence-corrected chi connectivity index (χ0v) is 32.4. The molecule has 0 radical (unpaired) electrons. The van der Waals surface area contributed by atoms with Crippen LogP contribution in [0.1, 0.15) is 162 Å². The summed E-state index contributed by atoms with van der Waals surface area (Å²) in [5.74, 6) is -1.79. The van der Waals surface area contributed by atoms with Crippen LogP contribution < -0.4 is 5.73 Å². The number of hydrogen-bond donors (Lipinski definition) is 3. The van der Waals surface area contributed by atoms with Gasteiger partial charge in [-0.05, 0) is 64.2 Å². The number of phosphoric ester groups is 1. The third-order valence-electron chi connectivity index (χ3n) is 8.12. The molecule has 10 nitrogen and oxygen atoms in total. The number of carboxylic acids is 1. The lowest BCUT2D eigenvalue weighted by atomic mass is 10.1. The van der Waals surface area contributed by atoms with Crippen molar-refractivity contribution in [2.75, 3.05) is 26.4 Å². The maximum absolute atomic E-state index is 12.5. The first-order valence-corrected chi connectivity index (χ1v) is 21.0. The average Bonchev–Trinajstić information content (AvgIpc) is 3.09. The number of hydrogen-bond acceptors (Lipinski definition) is 8. The third-order valence-corrected chi connectivity index (χ3v) is 9.07. The fourth-order valence-corrected chi connectivity index (χ4v) is 5.82. The highest BCUT2D eigenvalue weighted by atomic mass is 31.2. The normalized spacial score (nSPS) is 14.5. The van der Waals surface area contributed by atoms with Crippen LogP contribution in [0.3, 0.4) is 0 Å². The summed E-state index contributed by atoms with van der Waals surface area (Å²) in [5.41, 5.74) is 5.33. The Labute approximate surface area is 304 Å². The van der Waals surface area contributed by atoms with Gasteiger partial charge in [0.05, 0.1) is 19.8 Å². The van der Waals surface area contributed by atoms with Gasteiger partial charge in [-0.1, -0.05) is 127 Å². The summed E-state index contributed by atoms with van der Waals surface area (Å²) in [7, 11) is -4.61. The summed E-state index contributed by atoms with van der Waals surface area (Å²) >= 11 is 0. The van der Waals surface area contributed by atoms with E-state index in [4.69, 9.17) is 24.8 Å². The number of unbranched alkanes of at least 4 members (excludes halogenated alkanes) is 17. The highest BCUT2D eigenvalue weighted by Crippen LogP contribution is 2.43. The maximum Gasteiger partial charge on any atom is 0.472 e. The molecular formula is C39H72NO9P. The van der Waals surface area contributed by atoms with Crippen molar-refractivity contribution in [3.63, 3.8) is 0 Å². The van der Waals surface area contributed by atoms with Crippen molar-refractivity contribution >= 4 is 19.8 Å². The van der Waals surface area contributed by atoms with Gasteiger partial charge < -0.3 is 25.2 Å². The van der Waals surface area contributed by atoms with E-state index in [9.17, 15) is 19.0 Å². The molecule has 50 heavy (non-hydrogen) atoms. The predicted octanol–water partition coefficient (Wildman–Crippen LogP) is 10.1. The number of carbonyl (C=O) groups excluding carboxylic acids is 1. The van der Waals surface area contributed by atoms with Crippen LogP contribution in [0.25, 0.3) is 0 Å². The Morgan fingerprint density at radius 3 is 1.72 bits per heavy atom. The molecule has 0 aliphatic rings. The summed E-state index contributed by atoms with van der Waals surface area (Å²) in [5, 5.41) is 8.86. The SMILES string of the molecule is CCC/C=C\CCCCCCCC(=O)OC(COCCCCCCCCCC/C=C\C/C=C\CCCCC)COP(=O)(O)OCC(N)C(=O)O. The average molecular weight is 730 g/mol. The van der Waals surface area contributed by atoms with Gasteiger partial charge in [-0.2, -0.15) is 0 Å². The predicted molar refractivity (Wildman–Crippen MR) is 203 cm³/mol. The highest BCUT2D eigenvalue weighted by molar-refractivity contribution is 7.47. The van der Waals surface area contributed by atoms with Crippen LogP contribution in [0, 0.1) is 0 Å². The van der Waals surface area contributed by atoms with E-state index in [2.05, 4.69) is 54.8 Å². The summed E-state index contributed by atoms with van der Waals surface area (Å²) in [6.07, 6.45) is 37.7. The maximum atomic E-state index is 12.5. The number of rotatable bonds is 37. The van der Waals surface area contributed by atoms with E-state index in [-0.39, 0.29) is 13.0 Å². The van der Waals surface area contributed by atoms with Gasteiger partial charge in [0.25, 0.3) is 0 Å². The Hall–Kier alpha value is -1.81. The van der Waals surface area contributed by atoms with E-state index >= 15 is 0 Å². The van der Waals surface area contributed by atoms with E-state index in [1.807, 2.05) is 0 Å². The quantitative estimate of drug-likeness (QED) is 0.0243. The van der Waals surface area contributed by atoms with Crippen molar-refractivity contribution in [1.82, 2.24) is 0 Å². The number of phosphoric acid groups is 1. The van der Waals surface area contributed by atoms with Crippen molar-refractivity contribution < 1.29 is 42.7 Å². The molecule has 11 heteroatoms. The molecule has 0 aromatic rings.